The normalized spacial score (nSPS) is 19.0. The largest absolute Gasteiger partial charge is 0.448 e. The van der Waals surface area contributed by atoms with Crippen molar-refractivity contribution in [2.24, 2.45) is 5.92 Å². The average molecular weight is 309 g/mol. The molecule has 2 atom stereocenters. The molecule has 1 aromatic rings. The number of hydrogen-bond donors (Lipinski definition) is 1. The molecule has 116 valence electrons. The Bertz CT molecular complexity index is 536. The van der Waals surface area contributed by atoms with Crippen molar-refractivity contribution in [1.82, 2.24) is 5.32 Å². The van der Waals surface area contributed by atoms with E-state index in [4.69, 9.17) is 4.74 Å². The number of ether oxygens (including phenoxy) is 1. The maximum atomic E-state index is 12.2. The third kappa shape index (κ3) is 4.06. The van der Waals surface area contributed by atoms with Crippen molar-refractivity contribution in [2.75, 3.05) is 0 Å². The van der Waals surface area contributed by atoms with E-state index < -0.39 is 12.1 Å². The number of nitrogens with one attached hydrogen (secondary N) is 1. The minimum Gasteiger partial charge on any atom is -0.448 e. The van der Waals surface area contributed by atoms with Crippen LogP contribution in [-0.2, 0) is 22.4 Å². The number of thiophene rings is 1. The van der Waals surface area contributed by atoms with Crippen LogP contribution in [0, 0.1) is 5.92 Å². The Labute approximate surface area is 129 Å². The number of carbonyl (C=O) groups is 2. The first-order valence-electron chi connectivity index (χ1n) is 7.49. The first kappa shape index (κ1) is 16.0. The fourth-order valence-corrected chi connectivity index (χ4v) is 3.57. The van der Waals surface area contributed by atoms with Gasteiger partial charge >= 0.3 is 5.97 Å². The topological polar surface area (TPSA) is 55.4 Å². The zero-order valence-corrected chi connectivity index (χ0v) is 13.9. The summed E-state index contributed by atoms with van der Waals surface area (Å²) in [6.45, 7) is 7.59. The van der Waals surface area contributed by atoms with Crippen molar-refractivity contribution >= 4 is 23.2 Å². The Balaban J connectivity index is 1.99. The predicted molar refractivity (Wildman–Crippen MR) is 83.7 cm³/mol. The minimum absolute atomic E-state index is 0.0363. The highest BCUT2D eigenvalue weighted by molar-refractivity contribution is 7.14. The highest BCUT2D eigenvalue weighted by Crippen LogP contribution is 2.32. The fourth-order valence-electron chi connectivity index (χ4n) is 2.48. The summed E-state index contributed by atoms with van der Waals surface area (Å²) < 4.78 is 5.26. The molecule has 0 saturated carbocycles. The number of amides is 1. The van der Waals surface area contributed by atoms with E-state index in [-0.39, 0.29) is 11.9 Å². The quantitative estimate of drug-likeness (QED) is 0.870. The molecule has 0 radical (unpaired) electrons. The lowest BCUT2D eigenvalue weighted by molar-refractivity contribution is -0.129. The van der Waals surface area contributed by atoms with Crippen LogP contribution >= 0.6 is 11.3 Å². The van der Waals surface area contributed by atoms with E-state index in [9.17, 15) is 9.59 Å². The molecule has 1 aliphatic rings. The Morgan fingerprint density at radius 2 is 2.10 bits per heavy atom. The van der Waals surface area contributed by atoms with E-state index in [2.05, 4.69) is 12.2 Å². The second-order valence-electron chi connectivity index (χ2n) is 6.12. The van der Waals surface area contributed by atoms with Crippen molar-refractivity contribution in [3.63, 3.8) is 0 Å². The van der Waals surface area contributed by atoms with Crippen LogP contribution in [0.3, 0.4) is 0 Å². The highest BCUT2D eigenvalue weighted by Gasteiger charge is 2.24. The molecule has 0 aliphatic heterocycles. The molecule has 0 aromatic carbocycles. The van der Waals surface area contributed by atoms with Gasteiger partial charge in [-0.3, -0.25) is 4.79 Å². The summed E-state index contributed by atoms with van der Waals surface area (Å²) in [7, 11) is 0. The van der Waals surface area contributed by atoms with Crippen molar-refractivity contribution in [2.45, 2.75) is 59.1 Å². The van der Waals surface area contributed by atoms with Gasteiger partial charge < -0.3 is 10.1 Å². The Morgan fingerprint density at radius 1 is 1.38 bits per heavy atom. The number of rotatable bonds is 4. The molecule has 0 fully saturated rings. The molecule has 21 heavy (non-hydrogen) atoms. The van der Waals surface area contributed by atoms with Gasteiger partial charge in [-0.05, 0) is 57.6 Å². The standard InChI is InChI=1S/C16H23NO3S/c1-9(2)17-15(18)11(4)20-16(19)14-8-12-7-10(3)5-6-13(12)21-14/h8-11H,5-7H2,1-4H3,(H,17,18)/t10-,11+/m1/s1. The number of carbonyl (C=O) groups excluding carboxylic acids is 2. The molecular weight excluding hydrogens is 286 g/mol. The molecule has 1 aromatic heterocycles. The van der Waals surface area contributed by atoms with E-state index >= 15 is 0 Å². The van der Waals surface area contributed by atoms with Crippen molar-refractivity contribution in [1.29, 1.82) is 0 Å². The van der Waals surface area contributed by atoms with Gasteiger partial charge in [0.1, 0.15) is 4.88 Å². The van der Waals surface area contributed by atoms with Gasteiger partial charge in [0.15, 0.2) is 6.10 Å². The molecule has 0 spiro atoms. The molecule has 4 nitrogen and oxygen atoms in total. The summed E-state index contributed by atoms with van der Waals surface area (Å²) in [6.07, 6.45) is 2.48. The first-order valence-corrected chi connectivity index (χ1v) is 8.31. The SMILES string of the molecule is CC(C)NC(=O)[C@H](C)OC(=O)c1cc2c(s1)CC[C@@H](C)C2. The average Bonchev–Trinajstić information content (AvgIpc) is 2.80. The van der Waals surface area contributed by atoms with Crippen LogP contribution < -0.4 is 5.32 Å². The van der Waals surface area contributed by atoms with E-state index in [1.54, 1.807) is 6.92 Å². The third-order valence-electron chi connectivity index (χ3n) is 3.61. The van der Waals surface area contributed by atoms with Gasteiger partial charge in [0.05, 0.1) is 0 Å². The number of aryl methyl sites for hydroxylation is 1. The maximum absolute atomic E-state index is 12.2. The van der Waals surface area contributed by atoms with Crippen molar-refractivity contribution in [3.8, 4) is 0 Å². The molecule has 1 heterocycles. The lowest BCUT2D eigenvalue weighted by atomic mass is 9.90. The molecule has 2 rings (SSSR count). The van der Waals surface area contributed by atoms with Crippen LogP contribution in [0.15, 0.2) is 6.07 Å². The summed E-state index contributed by atoms with van der Waals surface area (Å²) >= 11 is 1.51. The zero-order chi connectivity index (χ0) is 15.6. The van der Waals surface area contributed by atoms with Gasteiger partial charge in [0.2, 0.25) is 0 Å². The Hall–Kier alpha value is -1.36. The molecule has 1 amide bonds. The lowest BCUT2D eigenvalue weighted by Gasteiger charge is -2.16. The minimum atomic E-state index is -0.766. The molecule has 0 unspecified atom stereocenters. The van der Waals surface area contributed by atoms with Crippen molar-refractivity contribution < 1.29 is 14.3 Å². The van der Waals surface area contributed by atoms with Crippen LogP contribution in [0.1, 0.15) is 54.2 Å². The molecule has 5 heteroatoms. The predicted octanol–water partition coefficient (Wildman–Crippen LogP) is 2.94. The van der Waals surface area contributed by atoms with Crippen LogP contribution in [0.25, 0.3) is 0 Å². The second-order valence-corrected chi connectivity index (χ2v) is 7.25. The number of esters is 1. The van der Waals surface area contributed by atoms with Gasteiger partial charge in [-0.15, -0.1) is 11.3 Å². The molecule has 0 bridgehead atoms. The van der Waals surface area contributed by atoms with Crippen LogP contribution in [0.4, 0.5) is 0 Å². The van der Waals surface area contributed by atoms with E-state index in [1.807, 2.05) is 19.9 Å². The van der Waals surface area contributed by atoms with Gasteiger partial charge in [0, 0.05) is 10.9 Å². The summed E-state index contributed by atoms with van der Waals surface area (Å²) in [4.78, 5) is 25.8. The van der Waals surface area contributed by atoms with E-state index in [1.165, 1.54) is 28.2 Å². The van der Waals surface area contributed by atoms with Gasteiger partial charge in [-0.1, -0.05) is 6.92 Å². The van der Waals surface area contributed by atoms with E-state index in [0.717, 1.165) is 12.8 Å². The van der Waals surface area contributed by atoms with Crippen LogP contribution in [-0.4, -0.2) is 24.0 Å². The maximum Gasteiger partial charge on any atom is 0.349 e. The molecular formula is C16H23NO3S. The van der Waals surface area contributed by atoms with Crippen molar-refractivity contribution in [3.05, 3.63) is 21.4 Å². The summed E-state index contributed by atoms with van der Waals surface area (Å²) in [5.41, 5.74) is 1.27. The third-order valence-corrected chi connectivity index (χ3v) is 4.83. The monoisotopic (exact) mass is 309 g/mol. The van der Waals surface area contributed by atoms with Crippen LogP contribution in [0.5, 0.6) is 0 Å². The number of hydrogen-bond acceptors (Lipinski definition) is 4. The van der Waals surface area contributed by atoms with Gasteiger partial charge in [0.25, 0.3) is 5.91 Å². The second kappa shape index (κ2) is 6.60. The van der Waals surface area contributed by atoms with Gasteiger partial charge in [-0.2, -0.15) is 0 Å². The Morgan fingerprint density at radius 3 is 2.76 bits per heavy atom. The molecule has 0 saturated heterocycles. The molecule has 1 aliphatic carbocycles. The summed E-state index contributed by atoms with van der Waals surface area (Å²) in [5, 5.41) is 2.74. The smallest absolute Gasteiger partial charge is 0.349 e. The Kier molecular flexibility index (Phi) is 5.04. The van der Waals surface area contributed by atoms with Gasteiger partial charge in [-0.25, -0.2) is 4.79 Å². The lowest BCUT2D eigenvalue weighted by Crippen LogP contribution is -2.39. The van der Waals surface area contributed by atoms with Crippen LogP contribution in [0.2, 0.25) is 0 Å². The fraction of sp³-hybridized carbons (Fsp3) is 0.625. The first-order chi connectivity index (χ1) is 9.86. The highest BCUT2D eigenvalue weighted by atomic mass is 32.1. The zero-order valence-electron chi connectivity index (χ0n) is 13.1. The molecule has 1 N–H and O–H groups in total. The summed E-state index contributed by atoms with van der Waals surface area (Å²) in [5.74, 6) is 0.0217. The van der Waals surface area contributed by atoms with E-state index in [0.29, 0.717) is 10.8 Å². The number of fused-ring (bicyclic) bond motifs is 1. The summed E-state index contributed by atoms with van der Waals surface area (Å²) in [6, 6.07) is 1.97.